The number of carbonyl (C=O) groups is 1. The Labute approximate surface area is 116 Å². The average molecular weight is 258 g/mol. The van der Waals surface area contributed by atoms with Gasteiger partial charge in [0.15, 0.2) is 5.78 Å². The molecule has 0 aliphatic heterocycles. The predicted octanol–water partition coefficient (Wildman–Crippen LogP) is -0.950. The van der Waals surface area contributed by atoms with Crippen molar-refractivity contribution in [1.29, 1.82) is 0 Å². The molecule has 0 amide bonds. The van der Waals surface area contributed by atoms with Gasteiger partial charge < -0.3 is 5.11 Å². The minimum absolute atomic E-state index is 0. The Morgan fingerprint density at radius 2 is 2.00 bits per heavy atom. The largest absolute Gasteiger partial charge is 1.00 e. The van der Waals surface area contributed by atoms with Gasteiger partial charge in [-0.2, -0.15) is 13.2 Å². The first kappa shape index (κ1) is 15.7. The zero-order valence-corrected chi connectivity index (χ0v) is 11.4. The molecule has 0 saturated carbocycles. The molecule has 82 valence electrons. The number of allylic oxidation sites excluding steroid dienone is 2. The Kier molecular flexibility index (Phi) is 5.75. The summed E-state index contributed by atoms with van der Waals surface area (Å²) in [6, 6.07) is 2.99. The van der Waals surface area contributed by atoms with Crippen molar-refractivity contribution in [3.8, 4) is 0 Å². The van der Waals surface area contributed by atoms with Gasteiger partial charge in [-0.1, -0.05) is 0 Å². The van der Waals surface area contributed by atoms with Crippen LogP contribution in [0.15, 0.2) is 24.0 Å². The Balaban J connectivity index is 0.00000225. The summed E-state index contributed by atoms with van der Waals surface area (Å²) in [5.41, 5.74) is 0. The summed E-state index contributed by atoms with van der Waals surface area (Å²) in [4.78, 5) is 12.1. The standard InChI is InChI=1S/C9H7F3O2S.Na/c1-5-2-3-7(15-5)6(13)4-8(14)9(10,11)12;/h2-4,14H,1H3;/q;+1/p-1/b8-4+;. The second kappa shape index (κ2) is 5.86. The van der Waals surface area contributed by atoms with E-state index >= 15 is 0 Å². The van der Waals surface area contributed by atoms with Gasteiger partial charge in [0.25, 0.3) is 0 Å². The maximum Gasteiger partial charge on any atom is 1.00 e. The third-order valence-electron chi connectivity index (χ3n) is 1.52. The van der Waals surface area contributed by atoms with E-state index < -0.39 is 17.7 Å². The van der Waals surface area contributed by atoms with Crippen molar-refractivity contribution in [2.75, 3.05) is 0 Å². The minimum Gasteiger partial charge on any atom is -0.869 e. The van der Waals surface area contributed by atoms with E-state index in [9.17, 15) is 23.1 Å². The monoisotopic (exact) mass is 258 g/mol. The Bertz CT molecular complexity index is 409. The summed E-state index contributed by atoms with van der Waals surface area (Å²) in [7, 11) is 0. The van der Waals surface area contributed by atoms with E-state index in [0.29, 0.717) is 0 Å². The van der Waals surface area contributed by atoms with E-state index in [1.807, 2.05) is 0 Å². The molecule has 0 radical (unpaired) electrons. The molecule has 0 fully saturated rings. The molecular formula is C9H6F3NaO2S. The number of alkyl halides is 3. The van der Waals surface area contributed by atoms with Gasteiger partial charge in [-0.25, -0.2) is 0 Å². The Morgan fingerprint density at radius 1 is 1.44 bits per heavy atom. The van der Waals surface area contributed by atoms with E-state index in [-0.39, 0.29) is 40.5 Å². The van der Waals surface area contributed by atoms with Crippen LogP contribution >= 0.6 is 11.3 Å². The molecule has 0 spiro atoms. The van der Waals surface area contributed by atoms with Gasteiger partial charge >= 0.3 is 35.7 Å². The molecule has 1 rings (SSSR count). The second-order valence-electron chi connectivity index (χ2n) is 2.78. The Hall–Kier alpha value is -0.300. The molecule has 0 atom stereocenters. The number of halogens is 3. The fourth-order valence-electron chi connectivity index (χ4n) is 0.839. The van der Waals surface area contributed by atoms with Crippen LogP contribution in [0.4, 0.5) is 13.2 Å². The van der Waals surface area contributed by atoms with Crippen molar-refractivity contribution in [3.63, 3.8) is 0 Å². The first-order chi connectivity index (χ1) is 6.80. The molecule has 2 nitrogen and oxygen atoms in total. The predicted molar refractivity (Wildman–Crippen MR) is 47.5 cm³/mol. The van der Waals surface area contributed by atoms with E-state index in [2.05, 4.69) is 0 Å². The second-order valence-corrected chi connectivity index (χ2v) is 4.07. The van der Waals surface area contributed by atoms with Crippen LogP contribution in [0.3, 0.4) is 0 Å². The molecule has 0 aliphatic rings. The van der Waals surface area contributed by atoms with Gasteiger partial charge in [0.2, 0.25) is 0 Å². The number of hydrogen-bond donors (Lipinski definition) is 0. The van der Waals surface area contributed by atoms with Crippen molar-refractivity contribution >= 4 is 17.1 Å². The molecule has 1 aromatic rings. The molecule has 0 aliphatic carbocycles. The first-order valence-electron chi connectivity index (χ1n) is 3.87. The average Bonchev–Trinajstić information content (AvgIpc) is 2.50. The topological polar surface area (TPSA) is 40.1 Å². The molecule has 0 bridgehead atoms. The van der Waals surface area contributed by atoms with E-state index in [4.69, 9.17) is 0 Å². The van der Waals surface area contributed by atoms with Crippen LogP contribution in [0.1, 0.15) is 14.5 Å². The molecule has 1 aromatic heterocycles. The smallest absolute Gasteiger partial charge is 0.869 e. The third kappa shape index (κ3) is 4.29. The number of hydrogen-bond acceptors (Lipinski definition) is 3. The summed E-state index contributed by atoms with van der Waals surface area (Å²) in [5, 5.41) is 10.5. The van der Waals surface area contributed by atoms with Gasteiger partial charge in [0, 0.05) is 4.88 Å². The maximum atomic E-state index is 11.8. The van der Waals surface area contributed by atoms with Crippen LogP contribution < -0.4 is 34.7 Å². The van der Waals surface area contributed by atoms with Crippen LogP contribution in [0.2, 0.25) is 0 Å². The third-order valence-corrected chi connectivity index (χ3v) is 2.54. The molecular weight excluding hydrogens is 252 g/mol. The van der Waals surface area contributed by atoms with Gasteiger partial charge in [-0.05, 0) is 30.9 Å². The molecule has 0 aromatic carbocycles. The zero-order chi connectivity index (χ0) is 11.6. The van der Waals surface area contributed by atoms with E-state index in [0.717, 1.165) is 16.2 Å². The summed E-state index contributed by atoms with van der Waals surface area (Å²) in [5.74, 6) is -3.03. The van der Waals surface area contributed by atoms with Crippen LogP contribution in [-0.4, -0.2) is 12.0 Å². The molecule has 0 unspecified atom stereocenters. The van der Waals surface area contributed by atoms with E-state index in [1.165, 1.54) is 6.07 Å². The zero-order valence-electron chi connectivity index (χ0n) is 8.59. The number of thiophene rings is 1. The first-order valence-corrected chi connectivity index (χ1v) is 4.69. The van der Waals surface area contributed by atoms with Gasteiger partial charge in [0.1, 0.15) is 0 Å². The number of aryl methyl sites for hydroxylation is 1. The number of carbonyl (C=O) groups excluding carboxylic acids is 1. The quantitative estimate of drug-likeness (QED) is 0.297. The van der Waals surface area contributed by atoms with Crippen molar-refractivity contribution in [2.45, 2.75) is 13.1 Å². The fraction of sp³-hybridized carbons (Fsp3) is 0.222. The van der Waals surface area contributed by atoms with Crippen LogP contribution in [0.5, 0.6) is 0 Å². The van der Waals surface area contributed by atoms with Gasteiger partial charge in [-0.15, -0.1) is 11.3 Å². The molecule has 1 heterocycles. The van der Waals surface area contributed by atoms with Crippen molar-refractivity contribution in [2.24, 2.45) is 0 Å². The summed E-state index contributed by atoms with van der Waals surface area (Å²) in [6.07, 6.45) is -4.91. The fourth-order valence-corrected chi connectivity index (χ4v) is 1.62. The van der Waals surface area contributed by atoms with Crippen molar-refractivity contribution in [3.05, 3.63) is 33.7 Å². The number of ketones is 1. The summed E-state index contributed by atoms with van der Waals surface area (Å²) < 4.78 is 35.4. The van der Waals surface area contributed by atoms with Crippen LogP contribution in [0.25, 0.3) is 0 Å². The minimum atomic E-state index is -4.98. The maximum absolute atomic E-state index is 11.8. The van der Waals surface area contributed by atoms with Gasteiger partial charge in [-0.3, -0.25) is 4.79 Å². The van der Waals surface area contributed by atoms with Crippen molar-refractivity contribution in [1.82, 2.24) is 0 Å². The molecule has 0 N–H and O–H groups in total. The SMILES string of the molecule is Cc1ccc(C(=O)/C=C(/[O-])C(F)(F)F)s1.[Na+]. The van der Waals surface area contributed by atoms with E-state index in [1.54, 1.807) is 13.0 Å². The molecule has 16 heavy (non-hydrogen) atoms. The van der Waals surface area contributed by atoms with Crippen LogP contribution in [0, 0.1) is 6.92 Å². The van der Waals surface area contributed by atoms with Crippen LogP contribution in [-0.2, 0) is 0 Å². The van der Waals surface area contributed by atoms with Crippen molar-refractivity contribution < 1.29 is 52.6 Å². The molecule has 0 saturated heterocycles. The summed E-state index contributed by atoms with van der Waals surface area (Å²) >= 11 is 1.05. The Morgan fingerprint density at radius 3 is 2.38 bits per heavy atom. The molecule has 7 heteroatoms. The summed E-state index contributed by atoms with van der Waals surface area (Å²) in [6.45, 7) is 1.72. The number of rotatable bonds is 2. The normalized spacial score (nSPS) is 12.1. The van der Waals surface area contributed by atoms with Gasteiger partial charge in [0.05, 0.1) is 4.88 Å².